The lowest BCUT2D eigenvalue weighted by Crippen LogP contribution is -2.54. The monoisotopic (exact) mass is 281 g/mol. The fraction of sp³-hybridized carbons (Fsp3) is 0.938. The molecule has 116 valence electrons. The largest absolute Gasteiger partial charge is 0.341 e. The molecule has 0 saturated carbocycles. The van der Waals surface area contributed by atoms with Crippen molar-refractivity contribution in [2.24, 2.45) is 5.41 Å². The van der Waals surface area contributed by atoms with Crippen LogP contribution in [0.25, 0.3) is 0 Å². The number of nitrogens with zero attached hydrogens (tertiary/aromatic N) is 2. The van der Waals surface area contributed by atoms with E-state index in [1.165, 1.54) is 6.42 Å². The van der Waals surface area contributed by atoms with Crippen LogP contribution in [0, 0.1) is 5.41 Å². The van der Waals surface area contributed by atoms with E-state index in [2.05, 4.69) is 36.1 Å². The molecule has 2 aliphatic heterocycles. The molecule has 2 saturated heterocycles. The van der Waals surface area contributed by atoms with Gasteiger partial charge in [0.15, 0.2) is 0 Å². The van der Waals surface area contributed by atoms with Crippen molar-refractivity contribution in [2.75, 3.05) is 40.3 Å². The van der Waals surface area contributed by atoms with E-state index in [0.29, 0.717) is 11.9 Å². The van der Waals surface area contributed by atoms with Crippen LogP contribution in [0.15, 0.2) is 0 Å². The van der Waals surface area contributed by atoms with Gasteiger partial charge in [0.2, 0.25) is 5.91 Å². The highest BCUT2D eigenvalue weighted by atomic mass is 16.2. The summed E-state index contributed by atoms with van der Waals surface area (Å²) in [6.45, 7) is 6.08. The minimum Gasteiger partial charge on any atom is -0.341 e. The first kappa shape index (κ1) is 15.8. The third kappa shape index (κ3) is 3.34. The minimum atomic E-state index is -0.0752. The van der Waals surface area contributed by atoms with Gasteiger partial charge >= 0.3 is 0 Å². The molecule has 0 aromatic heterocycles. The number of hydrogen-bond acceptors (Lipinski definition) is 3. The highest BCUT2D eigenvalue weighted by Crippen LogP contribution is 2.37. The maximum absolute atomic E-state index is 13.1. The minimum absolute atomic E-state index is 0.0752. The molecule has 0 aromatic carbocycles. The normalized spacial score (nSPS) is 26.8. The van der Waals surface area contributed by atoms with Gasteiger partial charge in [0.25, 0.3) is 0 Å². The molecule has 20 heavy (non-hydrogen) atoms. The van der Waals surface area contributed by atoms with Crippen LogP contribution in [0.4, 0.5) is 0 Å². The van der Waals surface area contributed by atoms with Crippen LogP contribution in [-0.2, 0) is 4.79 Å². The third-order valence-corrected chi connectivity index (χ3v) is 5.16. The van der Waals surface area contributed by atoms with E-state index < -0.39 is 0 Å². The molecule has 0 radical (unpaired) electrons. The summed E-state index contributed by atoms with van der Waals surface area (Å²) in [5, 5.41) is 3.40. The van der Waals surface area contributed by atoms with Crippen molar-refractivity contribution in [2.45, 2.75) is 51.5 Å². The number of likely N-dealkylation sites (N-methyl/N-ethyl adjacent to an activating group) is 1. The average molecular weight is 281 g/mol. The van der Waals surface area contributed by atoms with Crippen molar-refractivity contribution >= 4 is 5.91 Å². The summed E-state index contributed by atoms with van der Waals surface area (Å²) >= 11 is 0. The molecule has 4 nitrogen and oxygen atoms in total. The number of rotatable bonds is 4. The molecular formula is C16H31N3O. The Hall–Kier alpha value is -0.610. The number of likely N-dealkylation sites (tertiary alicyclic amines) is 1. The Bertz CT molecular complexity index is 318. The van der Waals surface area contributed by atoms with Gasteiger partial charge < -0.3 is 15.1 Å². The second-order valence-corrected chi connectivity index (χ2v) is 6.79. The van der Waals surface area contributed by atoms with Gasteiger partial charge in [-0.25, -0.2) is 0 Å². The van der Waals surface area contributed by atoms with E-state index >= 15 is 0 Å². The second kappa shape index (κ2) is 6.90. The molecule has 4 heteroatoms. The average Bonchev–Trinajstić information content (AvgIpc) is 2.48. The van der Waals surface area contributed by atoms with E-state index in [1.807, 2.05) is 0 Å². The standard InChI is InChI=1S/C16H31N3O/c1-4-7-16(8-10-17-11-9-16)15(20)19-12-5-6-14(13-19)18(2)3/h14,17H,4-13H2,1-3H3. The summed E-state index contributed by atoms with van der Waals surface area (Å²) in [7, 11) is 4.26. The number of hydrogen-bond donors (Lipinski definition) is 1. The van der Waals surface area contributed by atoms with Crippen molar-refractivity contribution < 1.29 is 4.79 Å². The Kier molecular flexibility index (Phi) is 5.44. The fourth-order valence-electron chi connectivity index (χ4n) is 3.85. The summed E-state index contributed by atoms with van der Waals surface area (Å²) in [5.41, 5.74) is -0.0752. The topological polar surface area (TPSA) is 35.6 Å². The zero-order valence-electron chi connectivity index (χ0n) is 13.5. The fourth-order valence-corrected chi connectivity index (χ4v) is 3.85. The van der Waals surface area contributed by atoms with Crippen LogP contribution >= 0.6 is 0 Å². The summed E-state index contributed by atoms with van der Waals surface area (Å²) in [6, 6.07) is 0.535. The van der Waals surface area contributed by atoms with E-state index in [-0.39, 0.29) is 5.41 Å². The Morgan fingerprint density at radius 1 is 1.35 bits per heavy atom. The van der Waals surface area contributed by atoms with E-state index in [0.717, 1.165) is 58.3 Å². The van der Waals surface area contributed by atoms with Gasteiger partial charge in [-0.2, -0.15) is 0 Å². The van der Waals surface area contributed by atoms with Crippen LogP contribution in [-0.4, -0.2) is 62.0 Å². The molecule has 2 fully saturated rings. The molecular weight excluding hydrogens is 250 g/mol. The molecule has 1 amide bonds. The summed E-state index contributed by atoms with van der Waals surface area (Å²) < 4.78 is 0. The molecule has 2 rings (SSSR count). The van der Waals surface area contributed by atoms with Crippen molar-refractivity contribution in [3.8, 4) is 0 Å². The number of carbonyl (C=O) groups excluding carboxylic acids is 1. The molecule has 1 N–H and O–H groups in total. The number of piperidine rings is 2. The highest BCUT2D eigenvalue weighted by Gasteiger charge is 2.42. The van der Waals surface area contributed by atoms with Crippen LogP contribution in [0.2, 0.25) is 0 Å². The highest BCUT2D eigenvalue weighted by molar-refractivity contribution is 5.83. The quantitative estimate of drug-likeness (QED) is 0.852. The van der Waals surface area contributed by atoms with Crippen molar-refractivity contribution in [3.63, 3.8) is 0 Å². The molecule has 0 aliphatic carbocycles. The van der Waals surface area contributed by atoms with Crippen LogP contribution < -0.4 is 5.32 Å². The molecule has 2 heterocycles. The van der Waals surface area contributed by atoms with Gasteiger partial charge in [-0.3, -0.25) is 4.79 Å². The molecule has 2 aliphatic rings. The number of nitrogens with one attached hydrogen (secondary N) is 1. The molecule has 1 unspecified atom stereocenters. The van der Waals surface area contributed by atoms with Crippen LogP contribution in [0.3, 0.4) is 0 Å². The maximum Gasteiger partial charge on any atom is 0.228 e. The van der Waals surface area contributed by atoms with Gasteiger partial charge in [0.1, 0.15) is 0 Å². The lowest BCUT2D eigenvalue weighted by atomic mass is 9.74. The van der Waals surface area contributed by atoms with E-state index in [4.69, 9.17) is 0 Å². The third-order valence-electron chi connectivity index (χ3n) is 5.16. The predicted octanol–water partition coefficient (Wildman–Crippen LogP) is 1.71. The molecule has 1 atom stereocenters. The molecule has 0 aromatic rings. The van der Waals surface area contributed by atoms with E-state index in [9.17, 15) is 4.79 Å². The zero-order valence-corrected chi connectivity index (χ0v) is 13.5. The summed E-state index contributed by atoms with van der Waals surface area (Å²) in [5.74, 6) is 0.437. The van der Waals surface area contributed by atoms with Gasteiger partial charge in [-0.15, -0.1) is 0 Å². The second-order valence-electron chi connectivity index (χ2n) is 6.79. The summed E-state index contributed by atoms with van der Waals surface area (Å²) in [4.78, 5) is 17.5. The first-order valence-corrected chi connectivity index (χ1v) is 8.25. The number of carbonyl (C=O) groups is 1. The summed E-state index contributed by atoms with van der Waals surface area (Å²) in [6.07, 6.45) is 6.56. The Labute approximate surface area is 123 Å². The smallest absolute Gasteiger partial charge is 0.228 e. The van der Waals surface area contributed by atoms with Crippen LogP contribution in [0.5, 0.6) is 0 Å². The van der Waals surface area contributed by atoms with Gasteiger partial charge in [0, 0.05) is 19.1 Å². The van der Waals surface area contributed by atoms with Gasteiger partial charge in [0.05, 0.1) is 5.41 Å². The predicted molar refractivity (Wildman–Crippen MR) is 82.7 cm³/mol. The Morgan fingerprint density at radius 2 is 2.05 bits per heavy atom. The molecule has 0 spiro atoms. The SMILES string of the molecule is CCCC1(C(=O)N2CCCC(N(C)C)C2)CCNCC1. The van der Waals surface area contributed by atoms with Crippen molar-refractivity contribution in [3.05, 3.63) is 0 Å². The molecule has 0 bridgehead atoms. The van der Waals surface area contributed by atoms with Crippen LogP contribution in [0.1, 0.15) is 45.4 Å². The lowest BCUT2D eigenvalue weighted by molar-refractivity contribution is -0.146. The Morgan fingerprint density at radius 3 is 2.65 bits per heavy atom. The van der Waals surface area contributed by atoms with E-state index in [1.54, 1.807) is 0 Å². The van der Waals surface area contributed by atoms with Crippen molar-refractivity contribution in [1.82, 2.24) is 15.1 Å². The lowest BCUT2D eigenvalue weighted by Gasteiger charge is -2.43. The Balaban J connectivity index is 2.06. The van der Waals surface area contributed by atoms with Gasteiger partial charge in [-0.05, 0) is 59.3 Å². The first-order valence-electron chi connectivity index (χ1n) is 8.25. The zero-order chi connectivity index (χ0) is 14.6. The van der Waals surface area contributed by atoms with Gasteiger partial charge in [-0.1, -0.05) is 13.3 Å². The van der Waals surface area contributed by atoms with Crippen molar-refractivity contribution in [1.29, 1.82) is 0 Å². The number of amides is 1. The first-order chi connectivity index (χ1) is 9.59. The maximum atomic E-state index is 13.1.